The van der Waals surface area contributed by atoms with Crippen LogP contribution in [0.3, 0.4) is 0 Å². The second-order valence-electron chi connectivity index (χ2n) is 5.87. The van der Waals surface area contributed by atoms with Gasteiger partial charge in [-0.2, -0.15) is 0 Å². The summed E-state index contributed by atoms with van der Waals surface area (Å²) in [7, 11) is 0. The quantitative estimate of drug-likeness (QED) is 0.727. The molecule has 2 nitrogen and oxygen atoms in total. The smallest absolute Gasteiger partial charge is 0.0708 e. The molecule has 2 rings (SSSR count). The molecule has 0 spiro atoms. The van der Waals surface area contributed by atoms with Crippen molar-refractivity contribution in [3.8, 4) is 0 Å². The lowest BCUT2D eigenvalue weighted by Gasteiger charge is -2.21. The molecule has 2 heteroatoms. The first-order chi connectivity index (χ1) is 10.1. The molecule has 0 fully saturated rings. The van der Waals surface area contributed by atoms with Crippen LogP contribution in [-0.2, 0) is 0 Å². The number of para-hydroxylation sites is 1. The molecule has 21 heavy (non-hydrogen) atoms. The van der Waals surface area contributed by atoms with E-state index in [1.54, 1.807) is 0 Å². The Labute approximate surface area is 128 Å². The van der Waals surface area contributed by atoms with E-state index in [9.17, 15) is 0 Å². The van der Waals surface area contributed by atoms with Crippen molar-refractivity contribution in [1.82, 2.24) is 10.3 Å². The van der Waals surface area contributed by atoms with Crippen molar-refractivity contribution in [3.05, 3.63) is 53.7 Å². The average Bonchev–Trinajstić information content (AvgIpc) is 2.46. The minimum absolute atomic E-state index is 0.369. The number of aryl methyl sites for hydroxylation is 1. The fourth-order valence-corrected chi connectivity index (χ4v) is 2.71. The molecule has 0 bridgehead atoms. The highest BCUT2D eigenvalue weighted by Gasteiger charge is 2.14. The van der Waals surface area contributed by atoms with Gasteiger partial charge in [0, 0.05) is 17.1 Å². The maximum atomic E-state index is 4.65. The molecule has 0 saturated heterocycles. The van der Waals surface area contributed by atoms with Crippen LogP contribution in [0.5, 0.6) is 0 Å². The third-order valence-corrected chi connectivity index (χ3v) is 3.75. The van der Waals surface area contributed by atoms with E-state index >= 15 is 0 Å². The number of nitrogens with one attached hydrogen (secondary N) is 1. The van der Waals surface area contributed by atoms with E-state index in [0.29, 0.717) is 6.04 Å². The van der Waals surface area contributed by atoms with Crippen LogP contribution >= 0.6 is 0 Å². The molecule has 0 amide bonds. The summed E-state index contributed by atoms with van der Waals surface area (Å²) in [5, 5.41) is 4.95. The van der Waals surface area contributed by atoms with E-state index in [1.807, 2.05) is 0 Å². The van der Waals surface area contributed by atoms with Gasteiger partial charge in [-0.15, -0.1) is 6.58 Å². The molecule has 0 saturated carbocycles. The monoisotopic (exact) mass is 282 g/mol. The van der Waals surface area contributed by atoms with Crippen LogP contribution in [0.2, 0.25) is 0 Å². The molecule has 1 atom stereocenters. The Kier molecular flexibility index (Phi) is 5.51. The summed E-state index contributed by atoms with van der Waals surface area (Å²) in [6, 6.07) is 11.0. The number of hydrogen-bond donors (Lipinski definition) is 1. The van der Waals surface area contributed by atoms with Crippen molar-refractivity contribution in [2.75, 3.05) is 6.54 Å². The highest BCUT2D eigenvalue weighted by Crippen LogP contribution is 2.28. The topological polar surface area (TPSA) is 24.9 Å². The van der Waals surface area contributed by atoms with Crippen LogP contribution in [-0.4, -0.2) is 11.5 Å². The van der Waals surface area contributed by atoms with Crippen LogP contribution in [0.4, 0.5) is 0 Å². The summed E-state index contributed by atoms with van der Waals surface area (Å²) in [4.78, 5) is 4.65. The van der Waals surface area contributed by atoms with Gasteiger partial charge in [0.2, 0.25) is 0 Å². The maximum Gasteiger partial charge on any atom is 0.0708 e. The van der Waals surface area contributed by atoms with E-state index in [-0.39, 0.29) is 0 Å². The molecular weight excluding hydrogens is 256 g/mol. The van der Waals surface area contributed by atoms with Crippen LogP contribution in [0.15, 0.2) is 42.5 Å². The summed E-state index contributed by atoms with van der Waals surface area (Å²) < 4.78 is 0. The van der Waals surface area contributed by atoms with Gasteiger partial charge >= 0.3 is 0 Å². The van der Waals surface area contributed by atoms with Gasteiger partial charge in [0.1, 0.15) is 0 Å². The fraction of sp³-hybridized carbons (Fsp3) is 0.421. The number of pyridine rings is 1. The molecule has 112 valence electrons. The van der Waals surface area contributed by atoms with E-state index < -0.39 is 0 Å². The molecular formula is C19H26N2. The molecule has 1 N–H and O–H groups in total. The van der Waals surface area contributed by atoms with Crippen molar-refractivity contribution < 1.29 is 0 Å². The third kappa shape index (κ3) is 4.15. The summed E-state index contributed by atoms with van der Waals surface area (Å²) >= 11 is 0. The fourth-order valence-electron chi connectivity index (χ4n) is 2.71. The van der Waals surface area contributed by atoms with Crippen molar-refractivity contribution in [1.29, 1.82) is 0 Å². The SMILES string of the molecule is C=C(C)CCC(NCCC)c1cc(C)nc2ccccc12. The zero-order chi connectivity index (χ0) is 15.2. The lowest BCUT2D eigenvalue weighted by molar-refractivity contribution is 0.501. The van der Waals surface area contributed by atoms with Gasteiger partial charge in [-0.25, -0.2) is 0 Å². The molecule has 0 radical (unpaired) electrons. The standard InChI is InChI=1S/C19H26N2/c1-5-12-20-18(11-10-14(2)3)17-13-15(4)21-19-9-7-6-8-16(17)19/h6-9,13,18,20H,2,5,10-12H2,1,3-4H3. The Balaban J connectivity index is 2.39. The van der Waals surface area contributed by atoms with Gasteiger partial charge < -0.3 is 5.32 Å². The van der Waals surface area contributed by atoms with E-state index in [1.165, 1.54) is 16.5 Å². The molecule has 1 unspecified atom stereocenters. The lowest BCUT2D eigenvalue weighted by Crippen LogP contribution is -2.22. The second kappa shape index (κ2) is 7.37. The first-order valence-corrected chi connectivity index (χ1v) is 7.86. The Bertz CT molecular complexity index is 616. The number of nitrogens with zero attached hydrogens (tertiary/aromatic N) is 1. The molecule has 2 aromatic rings. The predicted octanol–water partition coefficient (Wildman–Crippen LogP) is 4.94. The third-order valence-electron chi connectivity index (χ3n) is 3.75. The van der Waals surface area contributed by atoms with E-state index in [0.717, 1.165) is 37.0 Å². The molecule has 1 heterocycles. The second-order valence-corrected chi connectivity index (χ2v) is 5.87. The maximum absolute atomic E-state index is 4.65. The Hall–Kier alpha value is -1.67. The van der Waals surface area contributed by atoms with Crippen molar-refractivity contribution in [2.24, 2.45) is 0 Å². The van der Waals surface area contributed by atoms with E-state index in [4.69, 9.17) is 0 Å². The predicted molar refractivity (Wildman–Crippen MR) is 91.6 cm³/mol. The number of allylic oxidation sites excluding steroid dienone is 1. The molecule has 0 aliphatic heterocycles. The highest BCUT2D eigenvalue weighted by atomic mass is 14.9. The Morgan fingerprint density at radius 2 is 2.10 bits per heavy atom. The van der Waals surface area contributed by atoms with Crippen LogP contribution in [0, 0.1) is 6.92 Å². The minimum Gasteiger partial charge on any atom is -0.310 e. The summed E-state index contributed by atoms with van der Waals surface area (Å²) in [5.41, 5.74) is 4.79. The average molecular weight is 282 g/mol. The number of aromatic nitrogens is 1. The number of fused-ring (bicyclic) bond motifs is 1. The first-order valence-electron chi connectivity index (χ1n) is 7.86. The molecule has 0 aliphatic carbocycles. The van der Waals surface area contributed by atoms with Crippen molar-refractivity contribution in [3.63, 3.8) is 0 Å². The van der Waals surface area contributed by atoms with Gasteiger partial charge in [-0.3, -0.25) is 4.98 Å². The van der Waals surface area contributed by atoms with Crippen LogP contribution in [0.1, 0.15) is 50.4 Å². The summed E-state index contributed by atoms with van der Waals surface area (Å²) in [6.07, 6.45) is 3.28. The number of rotatable bonds is 7. The van der Waals surface area contributed by atoms with Crippen LogP contribution in [0.25, 0.3) is 10.9 Å². The van der Waals surface area contributed by atoms with E-state index in [2.05, 4.69) is 68.0 Å². The van der Waals surface area contributed by atoms with Gasteiger partial charge in [0.05, 0.1) is 5.52 Å². The molecule has 1 aromatic heterocycles. The van der Waals surface area contributed by atoms with Gasteiger partial charge in [-0.05, 0) is 57.4 Å². The largest absolute Gasteiger partial charge is 0.310 e. The zero-order valence-electron chi connectivity index (χ0n) is 13.4. The summed E-state index contributed by atoms with van der Waals surface area (Å²) in [6.45, 7) is 11.5. The minimum atomic E-state index is 0.369. The molecule has 1 aromatic carbocycles. The zero-order valence-corrected chi connectivity index (χ0v) is 13.4. The van der Waals surface area contributed by atoms with Gasteiger partial charge in [0.25, 0.3) is 0 Å². The number of hydrogen-bond acceptors (Lipinski definition) is 2. The molecule has 0 aliphatic rings. The highest BCUT2D eigenvalue weighted by molar-refractivity contribution is 5.82. The van der Waals surface area contributed by atoms with Gasteiger partial charge in [0.15, 0.2) is 0 Å². The van der Waals surface area contributed by atoms with Gasteiger partial charge in [-0.1, -0.05) is 30.7 Å². The first kappa shape index (κ1) is 15.7. The summed E-state index contributed by atoms with van der Waals surface area (Å²) in [5.74, 6) is 0. The lowest BCUT2D eigenvalue weighted by atomic mass is 9.96. The van der Waals surface area contributed by atoms with Crippen molar-refractivity contribution in [2.45, 2.75) is 46.1 Å². The van der Waals surface area contributed by atoms with Crippen LogP contribution < -0.4 is 5.32 Å². The van der Waals surface area contributed by atoms with Crippen molar-refractivity contribution >= 4 is 10.9 Å². The normalized spacial score (nSPS) is 12.5. The Morgan fingerprint density at radius 3 is 2.81 bits per heavy atom. The Morgan fingerprint density at radius 1 is 1.33 bits per heavy atom. The number of benzene rings is 1.